The van der Waals surface area contributed by atoms with E-state index < -0.39 is 0 Å². The fourth-order valence-corrected chi connectivity index (χ4v) is 1.67. The molecule has 0 aliphatic rings. The average Bonchev–Trinajstić information content (AvgIpc) is 2.37. The molecule has 0 heterocycles. The van der Waals surface area contributed by atoms with E-state index in [0.717, 1.165) is 5.56 Å². The summed E-state index contributed by atoms with van der Waals surface area (Å²) in [5, 5.41) is 0. The van der Waals surface area contributed by atoms with E-state index in [9.17, 15) is 4.79 Å². The van der Waals surface area contributed by atoms with Gasteiger partial charge in [0.25, 0.3) is 5.91 Å². The monoisotopic (exact) mass is 255 g/mol. The molecule has 0 aromatic heterocycles. The topological polar surface area (TPSA) is 29.5 Å². The number of ether oxygens (including phenoxy) is 1. The Hall–Kier alpha value is -1.06. The smallest absolute Gasteiger partial charge is 0.253 e. The van der Waals surface area contributed by atoms with Gasteiger partial charge < -0.3 is 9.64 Å². The maximum absolute atomic E-state index is 12.1. The maximum Gasteiger partial charge on any atom is 0.253 e. The quantitative estimate of drug-likeness (QED) is 0.757. The first-order valence-corrected chi connectivity index (χ1v) is 6.04. The zero-order chi connectivity index (χ0) is 12.8. The highest BCUT2D eigenvalue weighted by Gasteiger charge is 2.16. The molecule has 1 aromatic rings. The molecule has 0 fully saturated rings. The van der Waals surface area contributed by atoms with Crippen molar-refractivity contribution in [2.45, 2.75) is 18.8 Å². The minimum atomic E-state index is -0.00401. The molecule has 1 atom stereocenters. The van der Waals surface area contributed by atoms with Crippen LogP contribution in [0.3, 0.4) is 0 Å². The highest BCUT2D eigenvalue weighted by molar-refractivity contribution is 6.17. The van der Waals surface area contributed by atoms with E-state index >= 15 is 0 Å². The third-order valence-electron chi connectivity index (χ3n) is 2.74. The summed E-state index contributed by atoms with van der Waals surface area (Å²) in [7, 11) is 3.41. The summed E-state index contributed by atoms with van der Waals surface area (Å²) >= 11 is 5.70. The first kappa shape index (κ1) is 14.0. The fraction of sp³-hybridized carbons (Fsp3) is 0.462. The normalized spacial score (nSPS) is 12.2. The van der Waals surface area contributed by atoms with Gasteiger partial charge in [0, 0.05) is 25.6 Å². The largest absolute Gasteiger partial charge is 0.383 e. The number of amides is 1. The van der Waals surface area contributed by atoms with E-state index in [0.29, 0.717) is 18.1 Å². The van der Waals surface area contributed by atoms with Gasteiger partial charge in [-0.25, -0.2) is 0 Å². The Morgan fingerprint density at radius 3 is 2.47 bits per heavy atom. The fourth-order valence-electron chi connectivity index (χ4n) is 1.49. The van der Waals surface area contributed by atoms with Gasteiger partial charge in [0.15, 0.2) is 0 Å². The number of hydrogen-bond donors (Lipinski definition) is 0. The van der Waals surface area contributed by atoms with Gasteiger partial charge in [-0.3, -0.25) is 4.79 Å². The summed E-state index contributed by atoms with van der Waals surface area (Å²) in [6.07, 6.45) is 0. The third-order valence-corrected chi connectivity index (χ3v) is 3.05. The molecule has 0 saturated carbocycles. The van der Waals surface area contributed by atoms with Crippen molar-refractivity contribution in [1.82, 2.24) is 4.90 Å². The lowest BCUT2D eigenvalue weighted by atomic mass is 10.1. The van der Waals surface area contributed by atoms with Gasteiger partial charge in [0.2, 0.25) is 0 Å². The number of carbonyl (C=O) groups excluding carboxylic acids is 1. The number of hydrogen-bond acceptors (Lipinski definition) is 2. The van der Waals surface area contributed by atoms with Crippen LogP contribution >= 0.6 is 11.6 Å². The molecule has 0 aliphatic carbocycles. The zero-order valence-electron chi connectivity index (χ0n) is 10.4. The molecular weight excluding hydrogens is 238 g/mol. The first-order valence-electron chi connectivity index (χ1n) is 5.51. The summed E-state index contributed by atoms with van der Waals surface area (Å²) in [5.41, 5.74) is 1.68. The number of methoxy groups -OCH3 is 1. The first-order chi connectivity index (χ1) is 8.10. The van der Waals surface area contributed by atoms with Crippen LogP contribution in [0.1, 0.15) is 22.8 Å². The molecule has 1 rings (SSSR count). The molecule has 3 nitrogen and oxygen atoms in total. The van der Waals surface area contributed by atoms with Crippen molar-refractivity contribution >= 4 is 17.5 Å². The van der Waals surface area contributed by atoms with Crippen molar-refractivity contribution in [2.75, 3.05) is 20.8 Å². The Bertz CT molecular complexity index is 364. The molecule has 0 bridgehead atoms. The molecule has 94 valence electrons. The van der Waals surface area contributed by atoms with Crippen molar-refractivity contribution in [3.05, 3.63) is 35.4 Å². The molecule has 17 heavy (non-hydrogen) atoms. The maximum atomic E-state index is 12.1. The second kappa shape index (κ2) is 6.62. The minimum absolute atomic E-state index is 0.00401. The number of alkyl halides is 1. The van der Waals surface area contributed by atoms with Gasteiger partial charge >= 0.3 is 0 Å². The van der Waals surface area contributed by atoms with Gasteiger partial charge in [-0.15, -0.1) is 11.6 Å². The van der Waals surface area contributed by atoms with Gasteiger partial charge in [0.1, 0.15) is 0 Å². The summed E-state index contributed by atoms with van der Waals surface area (Å²) in [4.78, 5) is 13.8. The average molecular weight is 256 g/mol. The second-order valence-corrected chi connectivity index (χ2v) is 4.32. The Morgan fingerprint density at radius 1 is 1.41 bits per heavy atom. The lowest BCUT2D eigenvalue weighted by Crippen LogP contribution is -2.37. The van der Waals surface area contributed by atoms with Crippen LogP contribution in [0.2, 0.25) is 0 Å². The predicted molar refractivity (Wildman–Crippen MR) is 69.4 cm³/mol. The number of likely N-dealkylation sites (N-methyl/N-ethyl adjacent to an activating group) is 1. The summed E-state index contributed by atoms with van der Waals surface area (Å²) < 4.78 is 5.04. The van der Waals surface area contributed by atoms with E-state index in [4.69, 9.17) is 16.3 Å². The van der Waals surface area contributed by atoms with Crippen LogP contribution < -0.4 is 0 Å². The Kier molecular flexibility index (Phi) is 5.45. The molecule has 0 aliphatic heterocycles. The highest BCUT2D eigenvalue weighted by atomic mass is 35.5. The molecule has 1 unspecified atom stereocenters. The standard InChI is InChI=1S/C13H18ClNO2/c1-10(9-17-3)15(2)13(16)12-6-4-11(8-14)5-7-12/h4-7,10H,8-9H2,1-3H3. The van der Waals surface area contributed by atoms with Crippen molar-refractivity contribution in [1.29, 1.82) is 0 Å². The van der Waals surface area contributed by atoms with Crippen LogP contribution in [-0.4, -0.2) is 37.6 Å². The molecule has 0 saturated heterocycles. The van der Waals surface area contributed by atoms with Gasteiger partial charge in [0.05, 0.1) is 12.6 Å². The Balaban J connectivity index is 2.74. The summed E-state index contributed by atoms with van der Waals surface area (Å²) in [5.74, 6) is 0.459. The lowest BCUT2D eigenvalue weighted by Gasteiger charge is -2.24. The van der Waals surface area contributed by atoms with Crippen molar-refractivity contribution in [2.24, 2.45) is 0 Å². The SMILES string of the molecule is COCC(C)N(C)C(=O)c1ccc(CCl)cc1. The van der Waals surface area contributed by atoms with Crippen LogP contribution in [0, 0.1) is 0 Å². The highest BCUT2D eigenvalue weighted by Crippen LogP contribution is 2.10. The van der Waals surface area contributed by atoms with E-state index in [1.165, 1.54) is 0 Å². The van der Waals surface area contributed by atoms with E-state index in [1.807, 2.05) is 19.1 Å². The molecule has 0 radical (unpaired) electrons. The number of carbonyl (C=O) groups is 1. The zero-order valence-corrected chi connectivity index (χ0v) is 11.2. The van der Waals surface area contributed by atoms with E-state index in [1.54, 1.807) is 31.2 Å². The molecule has 1 amide bonds. The number of rotatable bonds is 5. The molecule has 0 spiro atoms. The molecule has 1 aromatic carbocycles. The van der Waals surface area contributed by atoms with E-state index in [2.05, 4.69) is 0 Å². The van der Waals surface area contributed by atoms with Crippen LogP contribution in [-0.2, 0) is 10.6 Å². The summed E-state index contributed by atoms with van der Waals surface area (Å²) in [6, 6.07) is 7.40. The van der Waals surface area contributed by atoms with Crippen LogP contribution in [0.4, 0.5) is 0 Å². The predicted octanol–water partition coefficient (Wildman–Crippen LogP) is 2.53. The van der Waals surface area contributed by atoms with Crippen LogP contribution in [0.25, 0.3) is 0 Å². The number of halogens is 1. The van der Waals surface area contributed by atoms with Crippen molar-refractivity contribution in [3.63, 3.8) is 0 Å². The van der Waals surface area contributed by atoms with Crippen LogP contribution in [0.5, 0.6) is 0 Å². The van der Waals surface area contributed by atoms with Crippen molar-refractivity contribution < 1.29 is 9.53 Å². The Labute approximate surface area is 107 Å². The minimum Gasteiger partial charge on any atom is -0.383 e. The third kappa shape index (κ3) is 3.72. The lowest BCUT2D eigenvalue weighted by molar-refractivity contribution is 0.0633. The molecular formula is C13H18ClNO2. The number of benzene rings is 1. The van der Waals surface area contributed by atoms with Gasteiger partial charge in [-0.05, 0) is 24.6 Å². The van der Waals surface area contributed by atoms with Crippen molar-refractivity contribution in [3.8, 4) is 0 Å². The van der Waals surface area contributed by atoms with Gasteiger partial charge in [-0.2, -0.15) is 0 Å². The Morgan fingerprint density at radius 2 is 2.00 bits per heavy atom. The molecule has 4 heteroatoms. The van der Waals surface area contributed by atoms with Crippen LogP contribution in [0.15, 0.2) is 24.3 Å². The van der Waals surface area contributed by atoms with E-state index in [-0.39, 0.29) is 11.9 Å². The summed E-state index contributed by atoms with van der Waals surface area (Å²) in [6.45, 7) is 2.48. The second-order valence-electron chi connectivity index (χ2n) is 4.05. The molecule has 0 N–H and O–H groups in total. The van der Waals surface area contributed by atoms with Gasteiger partial charge in [-0.1, -0.05) is 12.1 Å². The number of nitrogens with zero attached hydrogens (tertiary/aromatic N) is 1.